The minimum absolute atomic E-state index is 0.0494. The summed E-state index contributed by atoms with van der Waals surface area (Å²) in [5, 5.41) is 21.7. The normalized spacial score (nSPS) is 20.3. The van der Waals surface area contributed by atoms with Crippen LogP contribution in [0.5, 0.6) is 0 Å². The Morgan fingerprint density at radius 3 is 2.53 bits per heavy atom. The summed E-state index contributed by atoms with van der Waals surface area (Å²) in [6, 6.07) is 17.1. The number of carboxylic acid groups (broad SMARTS) is 1. The van der Waals surface area contributed by atoms with Crippen LogP contribution in [0.4, 0.5) is 10.1 Å². The van der Waals surface area contributed by atoms with Crippen molar-refractivity contribution in [3.8, 4) is 0 Å². The van der Waals surface area contributed by atoms with Gasteiger partial charge >= 0.3 is 5.97 Å². The summed E-state index contributed by atoms with van der Waals surface area (Å²) in [5.41, 5.74) is 2.13. The van der Waals surface area contributed by atoms with Gasteiger partial charge in [0.05, 0.1) is 6.10 Å². The first kappa shape index (κ1) is 20.5. The molecular formula is C25H23FN2O4. The molecule has 0 radical (unpaired) electrons. The number of nitrogens with zero attached hydrogens (tertiary/aromatic N) is 2. The first-order valence-electron chi connectivity index (χ1n) is 10.6. The van der Waals surface area contributed by atoms with Crippen molar-refractivity contribution < 1.29 is 24.2 Å². The highest BCUT2D eigenvalue weighted by molar-refractivity contribution is 5.89. The molecule has 6 nitrogen and oxygen atoms in total. The largest absolute Gasteiger partial charge is 0.480 e. The highest BCUT2D eigenvalue weighted by Gasteiger charge is 2.45. The molecule has 3 aromatic carbocycles. The van der Waals surface area contributed by atoms with E-state index in [0.29, 0.717) is 17.8 Å². The Morgan fingerprint density at radius 1 is 1.03 bits per heavy atom. The van der Waals surface area contributed by atoms with Crippen LogP contribution in [-0.2, 0) is 16.1 Å². The van der Waals surface area contributed by atoms with Gasteiger partial charge in [-0.3, -0.25) is 4.79 Å². The molecule has 0 aliphatic carbocycles. The number of anilines is 1. The molecule has 0 saturated carbocycles. The summed E-state index contributed by atoms with van der Waals surface area (Å²) in [6.07, 6.45) is -0.586. The number of carbonyl (C=O) groups is 2. The van der Waals surface area contributed by atoms with Gasteiger partial charge in [0.15, 0.2) is 0 Å². The minimum Gasteiger partial charge on any atom is -0.480 e. The molecule has 5 rings (SSSR count). The number of carbonyl (C=O) groups excluding carboxylic acids is 1. The molecule has 1 fully saturated rings. The third-order valence-electron chi connectivity index (χ3n) is 6.50. The first-order valence-corrected chi connectivity index (χ1v) is 10.6. The number of β-amino-alcohol motifs (C(OH)–C–C–N with tert-alkyl or cyclic N) is 1. The lowest BCUT2D eigenvalue weighted by molar-refractivity contribution is -0.143. The van der Waals surface area contributed by atoms with Gasteiger partial charge < -0.3 is 20.0 Å². The number of hydrogen-bond acceptors (Lipinski definition) is 4. The standard InChI is InChI=1S/C25H23FN2O4/c26-17-8-9-22-20(10-17)21(11-23(30)27-13-18(29)14-27)24(25(31)32)28(22)12-16-6-3-5-15-4-1-2-7-19(15)16/h1-10,18,21,24,29H,11-14H2,(H,31,32). The molecule has 0 aromatic heterocycles. The summed E-state index contributed by atoms with van der Waals surface area (Å²) in [7, 11) is 0. The molecule has 3 aromatic rings. The number of aliphatic hydroxyl groups is 1. The molecule has 2 aliphatic heterocycles. The Kier molecular flexibility index (Phi) is 5.06. The van der Waals surface area contributed by atoms with Gasteiger partial charge in [0.25, 0.3) is 0 Å². The van der Waals surface area contributed by atoms with Gasteiger partial charge in [-0.25, -0.2) is 9.18 Å². The van der Waals surface area contributed by atoms with E-state index in [4.69, 9.17) is 0 Å². The van der Waals surface area contributed by atoms with Crippen LogP contribution in [0.25, 0.3) is 10.8 Å². The van der Waals surface area contributed by atoms with E-state index in [9.17, 15) is 24.2 Å². The van der Waals surface area contributed by atoms with Crippen LogP contribution in [-0.4, -0.2) is 52.2 Å². The van der Waals surface area contributed by atoms with Crippen molar-refractivity contribution in [3.05, 3.63) is 77.6 Å². The van der Waals surface area contributed by atoms with E-state index in [1.54, 1.807) is 11.0 Å². The summed E-state index contributed by atoms with van der Waals surface area (Å²) in [6.45, 7) is 0.822. The van der Waals surface area contributed by atoms with E-state index in [1.807, 2.05) is 42.5 Å². The second-order valence-corrected chi connectivity index (χ2v) is 8.52. The Bertz CT molecular complexity index is 1200. The van der Waals surface area contributed by atoms with Gasteiger partial charge in [-0.2, -0.15) is 0 Å². The van der Waals surface area contributed by atoms with Crippen LogP contribution < -0.4 is 4.90 Å². The molecule has 32 heavy (non-hydrogen) atoms. The predicted octanol–water partition coefficient (Wildman–Crippen LogP) is 3.13. The second-order valence-electron chi connectivity index (χ2n) is 8.52. The van der Waals surface area contributed by atoms with Gasteiger partial charge in [0, 0.05) is 37.7 Å². The fraction of sp³-hybridized carbons (Fsp3) is 0.280. The molecule has 2 aliphatic rings. The predicted molar refractivity (Wildman–Crippen MR) is 118 cm³/mol. The number of aliphatic carboxylic acids is 1. The number of likely N-dealkylation sites (tertiary alicyclic amines) is 1. The Morgan fingerprint density at radius 2 is 1.78 bits per heavy atom. The van der Waals surface area contributed by atoms with E-state index >= 15 is 0 Å². The van der Waals surface area contributed by atoms with Crippen molar-refractivity contribution in [2.45, 2.75) is 31.0 Å². The van der Waals surface area contributed by atoms with Crippen LogP contribution in [0.1, 0.15) is 23.5 Å². The van der Waals surface area contributed by atoms with Crippen molar-refractivity contribution in [3.63, 3.8) is 0 Å². The maximum Gasteiger partial charge on any atom is 0.327 e. The van der Waals surface area contributed by atoms with Crippen molar-refractivity contribution in [2.75, 3.05) is 18.0 Å². The lowest BCUT2D eigenvalue weighted by atomic mass is 9.90. The number of fused-ring (bicyclic) bond motifs is 2. The lowest BCUT2D eigenvalue weighted by Crippen LogP contribution is -2.54. The third-order valence-corrected chi connectivity index (χ3v) is 6.50. The monoisotopic (exact) mass is 434 g/mol. The van der Waals surface area contributed by atoms with Crippen LogP contribution in [0.3, 0.4) is 0 Å². The lowest BCUT2D eigenvalue weighted by Gasteiger charge is -2.37. The first-order chi connectivity index (χ1) is 15.4. The zero-order valence-corrected chi connectivity index (χ0v) is 17.3. The summed E-state index contributed by atoms with van der Waals surface area (Å²) in [4.78, 5) is 28.4. The van der Waals surface area contributed by atoms with Crippen molar-refractivity contribution in [1.82, 2.24) is 4.90 Å². The van der Waals surface area contributed by atoms with Gasteiger partial charge in [0.2, 0.25) is 5.91 Å². The number of hydrogen-bond donors (Lipinski definition) is 2. The quantitative estimate of drug-likeness (QED) is 0.645. The molecule has 0 bridgehead atoms. The number of carboxylic acids is 1. The molecule has 2 unspecified atom stereocenters. The highest BCUT2D eigenvalue weighted by atomic mass is 19.1. The average molecular weight is 434 g/mol. The van der Waals surface area contributed by atoms with Gasteiger partial charge in [-0.05, 0) is 40.1 Å². The van der Waals surface area contributed by atoms with Crippen molar-refractivity contribution >= 4 is 28.3 Å². The fourth-order valence-electron chi connectivity index (χ4n) is 4.92. The second kappa shape index (κ2) is 7.91. The molecule has 7 heteroatoms. The fourth-order valence-corrected chi connectivity index (χ4v) is 4.92. The molecule has 1 saturated heterocycles. The van der Waals surface area contributed by atoms with Crippen LogP contribution in [0.15, 0.2) is 60.7 Å². The average Bonchev–Trinajstić information content (AvgIpc) is 3.04. The summed E-state index contributed by atoms with van der Waals surface area (Å²) >= 11 is 0. The maximum absolute atomic E-state index is 14.2. The molecule has 164 valence electrons. The van der Waals surface area contributed by atoms with E-state index in [0.717, 1.165) is 16.3 Å². The Balaban J connectivity index is 1.53. The van der Waals surface area contributed by atoms with E-state index < -0.39 is 29.9 Å². The number of aliphatic hydroxyl groups excluding tert-OH is 1. The van der Waals surface area contributed by atoms with Crippen LogP contribution >= 0.6 is 0 Å². The number of amides is 1. The zero-order chi connectivity index (χ0) is 22.4. The molecule has 2 atom stereocenters. The molecule has 2 N–H and O–H groups in total. The SMILES string of the molecule is O=C(O)C1C(CC(=O)N2CC(O)C2)c2cc(F)ccc2N1Cc1cccc2ccccc12. The third kappa shape index (κ3) is 3.48. The van der Waals surface area contributed by atoms with Gasteiger partial charge in [-0.15, -0.1) is 0 Å². The van der Waals surface area contributed by atoms with E-state index in [2.05, 4.69) is 0 Å². The molecular weight excluding hydrogens is 411 g/mol. The van der Waals surface area contributed by atoms with E-state index in [1.165, 1.54) is 17.0 Å². The zero-order valence-electron chi connectivity index (χ0n) is 17.3. The van der Waals surface area contributed by atoms with Gasteiger partial charge in [-0.1, -0.05) is 42.5 Å². The van der Waals surface area contributed by atoms with Gasteiger partial charge in [0.1, 0.15) is 11.9 Å². The summed E-state index contributed by atoms with van der Waals surface area (Å²) < 4.78 is 14.2. The Hall–Kier alpha value is -3.45. The number of halogens is 1. The smallest absolute Gasteiger partial charge is 0.327 e. The topological polar surface area (TPSA) is 81.1 Å². The Labute approximate surface area is 184 Å². The van der Waals surface area contributed by atoms with Crippen LogP contribution in [0, 0.1) is 5.82 Å². The van der Waals surface area contributed by atoms with Crippen LogP contribution in [0.2, 0.25) is 0 Å². The number of rotatable bonds is 5. The molecule has 0 spiro atoms. The molecule has 1 amide bonds. The van der Waals surface area contributed by atoms with Crippen molar-refractivity contribution in [2.24, 2.45) is 0 Å². The maximum atomic E-state index is 14.2. The molecule has 2 heterocycles. The van der Waals surface area contributed by atoms with Crippen molar-refractivity contribution in [1.29, 1.82) is 0 Å². The summed E-state index contributed by atoms with van der Waals surface area (Å²) in [5.74, 6) is -2.42. The minimum atomic E-state index is -1.05. The van der Waals surface area contributed by atoms with E-state index in [-0.39, 0.29) is 25.4 Å². The highest BCUT2D eigenvalue weighted by Crippen LogP contribution is 2.45. The number of benzene rings is 3.